The minimum absolute atomic E-state index is 0.0330. The molecule has 0 spiro atoms. The number of rotatable bonds is 4. The summed E-state index contributed by atoms with van der Waals surface area (Å²) in [5.41, 5.74) is 0.566. The average Bonchev–Trinajstić information content (AvgIpc) is 2.56. The normalized spacial score (nSPS) is 11.7. The van der Waals surface area contributed by atoms with E-state index < -0.39 is 9.84 Å². The molecule has 0 aliphatic heterocycles. The predicted octanol–water partition coefficient (Wildman–Crippen LogP) is 5.10. The van der Waals surface area contributed by atoms with Crippen LogP contribution in [0.4, 0.5) is 0 Å². The molecule has 3 rings (SSSR count). The van der Waals surface area contributed by atoms with Gasteiger partial charge in [0.15, 0.2) is 14.9 Å². The summed E-state index contributed by atoms with van der Waals surface area (Å²) < 4.78 is 28.9. The average molecular weight is 414 g/mol. The number of benzene rings is 2. The molecule has 0 atom stereocenters. The van der Waals surface area contributed by atoms with Gasteiger partial charge in [0.2, 0.25) is 0 Å². The number of fused-ring (bicyclic) bond motifs is 1. The van der Waals surface area contributed by atoms with Crippen molar-refractivity contribution in [3.05, 3.63) is 52.5 Å². The van der Waals surface area contributed by atoms with Gasteiger partial charge in [-0.15, -0.1) is 0 Å². The Bertz CT molecular complexity index is 1070. The van der Waals surface area contributed by atoms with Crippen LogP contribution in [0.15, 0.2) is 57.3 Å². The fourth-order valence-corrected chi connectivity index (χ4v) is 4.43. The van der Waals surface area contributed by atoms with Crippen LogP contribution < -0.4 is 4.74 Å². The SMILES string of the molecule is COc1ccc2nc(S(C)(=O)=O)ccc2c1Sc1ccc(Cl)cc1Cl. The van der Waals surface area contributed by atoms with Crippen molar-refractivity contribution in [3.8, 4) is 5.75 Å². The molecule has 3 aromatic rings. The van der Waals surface area contributed by atoms with Gasteiger partial charge in [-0.1, -0.05) is 35.0 Å². The lowest BCUT2D eigenvalue weighted by atomic mass is 10.2. The van der Waals surface area contributed by atoms with Crippen molar-refractivity contribution >= 4 is 55.7 Å². The number of nitrogens with zero attached hydrogens (tertiary/aromatic N) is 1. The first kappa shape index (κ1) is 18.3. The smallest absolute Gasteiger partial charge is 0.192 e. The van der Waals surface area contributed by atoms with Crippen LogP contribution in [-0.2, 0) is 9.84 Å². The zero-order valence-corrected chi connectivity index (χ0v) is 16.4. The second-order valence-electron chi connectivity index (χ2n) is 5.26. The van der Waals surface area contributed by atoms with Crippen LogP contribution in [0.2, 0.25) is 10.0 Å². The maximum atomic E-state index is 11.7. The quantitative estimate of drug-likeness (QED) is 0.594. The van der Waals surface area contributed by atoms with E-state index in [0.717, 1.165) is 21.4 Å². The molecule has 8 heteroatoms. The number of hydrogen-bond donors (Lipinski definition) is 0. The van der Waals surface area contributed by atoms with Gasteiger partial charge in [-0.2, -0.15) is 0 Å². The number of pyridine rings is 1. The second kappa shape index (κ2) is 7.03. The lowest BCUT2D eigenvalue weighted by molar-refractivity contribution is 0.406. The lowest BCUT2D eigenvalue weighted by Gasteiger charge is -2.13. The zero-order valence-electron chi connectivity index (χ0n) is 13.3. The first-order valence-electron chi connectivity index (χ1n) is 7.10. The van der Waals surface area contributed by atoms with Crippen LogP contribution in [0.5, 0.6) is 5.75 Å². The van der Waals surface area contributed by atoms with E-state index in [0.29, 0.717) is 21.3 Å². The fraction of sp³-hybridized carbons (Fsp3) is 0.118. The number of halogens is 2. The third kappa shape index (κ3) is 3.87. The van der Waals surface area contributed by atoms with Gasteiger partial charge in [-0.05, 0) is 42.5 Å². The van der Waals surface area contributed by atoms with Gasteiger partial charge >= 0.3 is 0 Å². The van der Waals surface area contributed by atoms with E-state index in [1.165, 1.54) is 17.8 Å². The predicted molar refractivity (Wildman–Crippen MR) is 102 cm³/mol. The number of ether oxygens (including phenoxy) is 1. The zero-order chi connectivity index (χ0) is 18.2. The first-order valence-corrected chi connectivity index (χ1v) is 10.6. The Hall–Kier alpha value is -1.47. The summed E-state index contributed by atoms with van der Waals surface area (Å²) in [5.74, 6) is 0.650. The van der Waals surface area contributed by atoms with Crippen molar-refractivity contribution in [2.45, 2.75) is 14.8 Å². The highest BCUT2D eigenvalue weighted by Crippen LogP contribution is 2.43. The summed E-state index contributed by atoms with van der Waals surface area (Å²) in [4.78, 5) is 5.86. The molecule has 0 N–H and O–H groups in total. The molecular formula is C17H13Cl2NO3S2. The monoisotopic (exact) mass is 413 g/mol. The summed E-state index contributed by atoms with van der Waals surface area (Å²) in [7, 11) is -1.80. The van der Waals surface area contributed by atoms with E-state index >= 15 is 0 Å². The molecular weight excluding hydrogens is 401 g/mol. The van der Waals surface area contributed by atoms with Gasteiger partial charge in [-0.25, -0.2) is 13.4 Å². The van der Waals surface area contributed by atoms with Crippen molar-refractivity contribution < 1.29 is 13.2 Å². The van der Waals surface area contributed by atoms with Gasteiger partial charge in [-0.3, -0.25) is 0 Å². The minimum atomic E-state index is -3.38. The van der Waals surface area contributed by atoms with Crippen LogP contribution in [-0.4, -0.2) is 26.8 Å². The van der Waals surface area contributed by atoms with Gasteiger partial charge in [0, 0.05) is 21.6 Å². The van der Waals surface area contributed by atoms with Gasteiger partial charge < -0.3 is 4.74 Å². The van der Waals surface area contributed by atoms with E-state index in [1.807, 2.05) is 6.07 Å². The molecule has 1 heterocycles. The molecule has 0 saturated carbocycles. The van der Waals surface area contributed by atoms with Crippen molar-refractivity contribution in [1.29, 1.82) is 0 Å². The maximum Gasteiger partial charge on any atom is 0.192 e. The van der Waals surface area contributed by atoms with Crippen LogP contribution in [0.25, 0.3) is 10.9 Å². The Morgan fingerprint density at radius 1 is 1.08 bits per heavy atom. The molecule has 2 aromatic carbocycles. The molecule has 0 aliphatic carbocycles. The molecule has 25 heavy (non-hydrogen) atoms. The van der Waals surface area contributed by atoms with E-state index in [2.05, 4.69) is 4.98 Å². The molecule has 0 amide bonds. The topological polar surface area (TPSA) is 56.3 Å². The minimum Gasteiger partial charge on any atom is -0.496 e. The van der Waals surface area contributed by atoms with E-state index in [-0.39, 0.29) is 5.03 Å². The molecule has 0 aliphatic rings. The maximum absolute atomic E-state index is 11.7. The molecule has 1 aromatic heterocycles. The second-order valence-corrected chi connectivity index (χ2v) is 9.12. The molecule has 0 bridgehead atoms. The summed E-state index contributed by atoms with van der Waals surface area (Å²) in [6, 6.07) is 12.0. The molecule has 0 unspecified atom stereocenters. The molecule has 0 fully saturated rings. The Morgan fingerprint density at radius 3 is 2.48 bits per heavy atom. The van der Waals surface area contributed by atoms with Crippen molar-refractivity contribution in [1.82, 2.24) is 4.98 Å². The Balaban J connectivity index is 2.18. The Morgan fingerprint density at radius 2 is 1.84 bits per heavy atom. The molecule has 4 nitrogen and oxygen atoms in total. The third-order valence-electron chi connectivity index (χ3n) is 3.47. The first-order chi connectivity index (χ1) is 11.8. The third-order valence-corrected chi connectivity index (χ3v) is 6.31. The van der Waals surface area contributed by atoms with Crippen LogP contribution >= 0.6 is 35.0 Å². The highest BCUT2D eigenvalue weighted by atomic mass is 35.5. The lowest BCUT2D eigenvalue weighted by Crippen LogP contribution is -2.00. The highest BCUT2D eigenvalue weighted by molar-refractivity contribution is 7.99. The van der Waals surface area contributed by atoms with Crippen molar-refractivity contribution in [2.24, 2.45) is 0 Å². The Labute approximate surface area is 160 Å². The van der Waals surface area contributed by atoms with Crippen LogP contribution in [0, 0.1) is 0 Å². The van der Waals surface area contributed by atoms with Gasteiger partial charge in [0.05, 0.1) is 22.5 Å². The summed E-state index contributed by atoms with van der Waals surface area (Å²) in [6.45, 7) is 0. The number of aromatic nitrogens is 1. The fourth-order valence-electron chi connectivity index (χ4n) is 2.28. The van der Waals surface area contributed by atoms with Crippen LogP contribution in [0.1, 0.15) is 0 Å². The number of hydrogen-bond acceptors (Lipinski definition) is 5. The van der Waals surface area contributed by atoms with Crippen molar-refractivity contribution in [3.63, 3.8) is 0 Å². The van der Waals surface area contributed by atoms with E-state index in [1.54, 1.807) is 37.4 Å². The van der Waals surface area contributed by atoms with Gasteiger partial charge in [0.25, 0.3) is 0 Å². The number of methoxy groups -OCH3 is 1. The summed E-state index contributed by atoms with van der Waals surface area (Å²) in [5, 5.41) is 1.89. The van der Waals surface area contributed by atoms with Crippen LogP contribution in [0.3, 0.4) is 0 Å². The molecule has 130 valence electrons. The Kier molecular flexibility index (Phi) is 5.16. The highest BCUT2D eigenvalue weighted by Gasteiger charge is 2.16. The largest absolute Gasteiger partial charge is 0.496 e. The van der Waals surface area contributed by atoms with E-state index in [9.17, 15) is 8.42 Å². The summed E-state index contributed by atoms with van der Waals surface area (Å²) in [6.07, 6.45) is 1.13. The van der Waals surface area contributed by atoms with E-state index in [4.69, 9.17) is 27.9 Å². The standard InChI is InChI=1S/C17H13Cl2NO3S2/c1-23-14-6-5-13-11(4-8-16(20-13)25(2,21)22)17(14)24-15-7-3-10(18)9-12(15)19/h3-9H,1-2H3. The molecule has 0 saturated heterocycles. The number of sulfone groups is 1. The van der Waals surface area contributed by atoms with Gasteiger partial charge in [0.1, 0.15) is 5.75 Å². The van der Waals surface area contributed by atoms with Crippen molar-refractivity contribution in [2.75, 3.05) is 13.4 Å². The molecule has 0 radical (unpaired) electrons. The summed E-state index contributed by atoms with van der Waals surface area (Å²) >= 11 is 13.6.